The first-order valence-electron chi connectivity index (χ1n) is 13.0. The van der Waals surface area contributed by atoms with Gasteiger partial charge in [0.25, 0.3) is 11.8 Å². The number of imide groups is 1. The fraction of sp³-hybridized carbons (Fsp3) is 0.0588. The van der Waals surface area contributed by atoms with Crippen molar-refractivity contribution in [3.8, 4) is 16.8 Å². The number of aromatic nitrogens is 1. The molecular formula is C34H21F3N2O2. The molecule has 1 aliphatic heterocycles. The number of hydrogen-bond acceptors (Lipinski definition) is 2. The molecule has 0 radical (unpaired) electrons. The summed E-state index contributed by atoms with van der Waals surface area (Å²) in [5, 5.41) is 1.70. The Labute approximate surface area is 232 Å². The van der Waals surface area contributed by atoms with Crippen LogP contribution in [0.4, 0.5) is 18.9 Å². The molecule has 6 aromatic rings. The zero-order valence-corrected chi connectivity index (χ0v) is 21.7. The van der Waals surface area contributed by atoms with E-state index in [0.717, 1.165) is 28.4 Å². The molecule has 41 heavy (non-hydrogen) atoms. The van der Waals surface area contributed by atoms with E-state index < -0.39 is 23.6 Å². The van der Waals surface area contributed by atoms with Crippen LogP contribution in [0, 0.1) is 6.92 Å². The van der Waals surface area contributed by atoms with E-state index in [1.807, 2.05) is 47.0 Å². The Hall–Kier alpha value is -5.17. The number of carbonyl (C=O) groups is 2. The minimum absolute atomic E-state index is 0.249. The Balaban J connectivity index is 1.55. The summed E-state index contributed by atoms with van der Waals surface area (Å²) < 4.78 is 43.3. The Bertz CT molecular complexity index is 2040. The second-order valence-electron chi connectivity index (χ2n) is 10.1. The van der Waals surface area contributed by atoms with Crippen LogP contribution in [-0.4, -0.2) is 16.4 Å². The number of amides is 2. The minimum Gasteiger partial charge on any atom is -0.308 e. The summed E-state index contributed by atoms with van der Waals surface area (Å²) in [6.45, 7) is 1.64. The summed E-state index contributed by atoms with van der Waals surface area (Å²) in [5.74, 6) is -0.877. The second-order valence-corrected chi connectivity index (χ2v) is 10.1. The van der Waals surface area contributed by atoms with Crippen molar-refractivity contribution in [2.45, 2.75) is 13.1 Å². The molecule has 0 saturated heterocycles. The van der Waals surface area contributed by atoms with Gasteiger partial charge in [0.05, 0.1) is 39.1 Å². The lowest BCUT2D eigenvalue weighted by molar-refractivity contribution is -0.137. The molecule has 0 saturated carbocycles. The minimum atomic E-state index is -4.50. The maximum absolute atomic E-state index is 13.9. The number of carbonyl (C=O) groups excluding carboxylic acids is 2. The number of fused-ring (bicyclic) bond motifs is 4. The molecule has 0 bridgehead atoms. The monoisotopic (exact) mass is 546 g/mol. The largest absolute Gasteiger partial charge is 0.416 e. The van der Waals surface area contributed by atoms with Gasteiger partial charge < -0.3 is 4.57 Å². The molecule has 200 valence electrons. The highest BCUT2D eigenvalue weighted by molar-refractivity contribution is 6.35. The van der Waals surface area contributed by atoms with Crippen molar-refractivity contribution in [2.24, 2.45) is 0 Å². The normalized spacial score (nSPS) is 13.4. The predicted octanol–water partition coefficient (Wildman–Crippen LogP) is 8.58. The number of alkyl halides is 3. The molecule has 0 unspecified atom stereocenters. The van der Waals surface area contributed by atoms with Gasteiger partial charge in [-0.05, 0) is 60.5 Å². The summed E-state index contributed by atoms with van der Waals surface area (Å²) >= 11 is 0. The van der Waals surface area contributed by atoms with E-state index in [1.165, 1.54) is 4.90 Å². The van der Waals surface area contributed by atoms with Crippen LogP contribution < -0.4 is 4.90 Å². The van der Waals surface area contributed by atoms with Crippen molar-refractivity contribution >= 4 is 39.3 Å². The third-order valence-electron chi connectivity index (χ3n) is 7.56. The van der Waals surface area contributed by atoms with Gasteiger partial charge in [0.15, 0.2) is 0 Å². The number of aryl methyl sites for hydroxylation is 1. The van der Waals surface area contributed by atoms with Gasteiger partial charge in [-0.1, -0.05) is 66.7 Å². The molecule has 0 N–H and O–H groups in total. The lowest BCUT2D eigenvalue weighted by Crippen LogP contribution is -2.29. The van der Waals surface area contributed by atoms with Gasteiger partial charge in [-0.25, -0.2) is 4.90 Å². The second kappa shape index (κ2) is 8.93. The SMILES string of the molecule is Cc1cc(-c2cccc3c4ccccc4n(-c4cccc5c4C(=O)N(c4ccccc4)C5=O)c23)cc(C(F)(F)F)c1. The van der Waals surface area contributed by atoms with E-state index in [1.54, 1.807) is 61.5 Å². The van der Waals surface area contributed by atoms with E-state index in [2.05, 4.69) is 0 Å². The fourth-order valence-electron chi connectivity index (χ4n) is 5.87. The van der Waals surface area contributed by atoms with E-state index in [0.29, 0.717) is 33.6 Å². The van der Waals surface area contributed by atoms with Crippen LogP contribution in [-0.2, 0) is 6.18 Å². The van der Waals surface area contributed by atoms with E-state index in [9.17, 15) is 22.8 Å². The summed E-state index contributed by atoms with van der Waals surface area (Å²) in [6.07, 6.45) is -4.50. The quantitative estimate of drug-likeness (QED) is 0.209. The van der Waals surface area contributed by atoms with E-state index in [4.69, 9.17) is 0 Å². The van der Waals surface area contributed by atoms with Crippen LogP contribution in [0.2, 0.25) is 0 Å². The van der Waals surface area contributed by atoms with Gasteiger partial charge in [-0.15, -0.1) is 0 Å². The van der Waals surface area contributed by atoms with Crippen LogP contribution in [0.25, 0.3) is 38.6 Å². The van der Waals surface area contributed by atoms with Gasteiger partial charge in [0.1, 0.15) is 0 Å². The smallest absolute Gasteiger partial charge is 0.308 e. The molecule has 5 aromatic carbocycles. The highest BCUT2D eigenvalue weighted by atomic mass is 19.4. The van der Waals surface area contributed by atoms with Gasteiger partial charge in [0.2, 0.25) is 0 Å². The van der Waals surface area contributed by atoms with Crippen LogP contribution in [0.15, 0.2) is 109 Å². The van der Waals surface area contributed by atoms with Crippen molar-refractivity contribution in [2.75, 3.05) is 4.90 Å². The molecule has 1 aromatic heterocycles. The van der Waals surface area contributed by atoms with E-state index in [-0.39, 0.29) is 11.1 Å². The maximum atomic E-state index is 13.9. The molecule has 0 aliphatic carbocycles. The molecule has 0 fully saturated rings. The van der Waals surface area contributed by atoms with Crippen molar-refractivity contribution in [1.29, 1.82) is 0 Å². The van der Waals surface area contributed by atoms with Gasteiger partial charge >= 0.3 is 6.18 Å². The fourth-order valence-corrected chi connectivity index (χ4v) is 5.87. The van der Waals surface area contributed by atoms with Crippen LogP contribution in [0.3, 0.4) is 0 Å². The molecule has 2 amide bonds. The number of rotatable bonds is 3. The number of anilines is 1. The van der Waals surface area contributed by atoms with Gasteiger partial charge in [-0.3, -0.25) is 9.59 Å². The molecule has 2 heterocycles. The predicted molar refractivity (Wildman–Crippen MR) is 154 cm³/mol. The first-order chi connectivity index (χ1) is 19.7. The van der Waals surface area contributed by atoms with Gasteiger partial charge in [-0.2, -0.15) is 13.2 Å². The topological polar surface area (TPSA) is 42.3 Å². The average Bonchev–Trinajstić information content (AvgIpc) is 3.44. The highest BCUT2D eigenvalue weighted by Gasteiger charge is 2.39. The number of halogens is 3. The number of nitrogens with zero attached hydrogens (tertiary/aromatic N) is 2. The zero-order chi connectivity index (χ0) is 28.5. The van der Waals surface area contributed by atoms with Crippen molar-refractivity contribution in [3.63, 3.8) is 0 Å². The molecule has 7 heteroatoms. The molecular weight excluding hydrogens is 525 g/mol. The zero-order valence-electron chi connectivity index (χ0n) is 21.7. The standard InChI is InChI=1S/C34H21F3N2O2/c1-20-17-21(19-22(18-20)34(35,36)37)24-12-7-13-26-25-11-5-6-15-28(25)39(31(24)26)29-16-8-14-27-30(29)33(41)38(32(27)40)23-9-3-2-4-10-23/h2-19H,1H3. The van der Waals surface area contributed by atoms with Gasteiger partial charge in [0, 0.05) is 16.3 Å². The maximum Gasteiger partial charge on any atom is 0.416 e. The number of hydrogen-bond donors (Lipinski definition) is 0. The molecule has 4 nitrogen and oxygen atoms in total. The van der Waals surface area contributed by atoms with Crippen molar-refractivity contribution in [3.05, 3.63) is 131 Å². The van der Waals surface area contributed by atoms with Crippen molar-refractivity contribution < 1.29 is 22.8 Å². The Morgan fingerprint density at radius 1 is 0.659 bits per heavy atom. The first kappa shape index (κ1) is 24.8. The van der Waals surface area contributed by atoms with E-state index >= 15 is 0 Å². The lowest BCUT2D eigenvalue weighted by Gasteiger charge is -2.16. The first-order valence-corrected chi connectivity index (χ1v) is 13.0. The summed E-state index contributed by atoms with van der Waals surface area (Å²) in [7, 11) is 0. The molecule has 1 aliphatic rings. The van der Waals surface area contributed by atoms with Crippen LogP contribution >= 0.6 is 0 Å². The number of benzene rings is 5. The van der Waals surface area contributed by atoms with Crippen LogP contribution in [0.5, 0.6) is 0 Å². The highest BCUT2D eigenvalue weighted by Crippen LogP contribution is 2.42. The summed E-state index contributed by atoms with van der Waals surface area (Å²) in [6, 6.07) is 31.1. The summed E-state index contributed by atoms with van der Waals surface area (Å²) in [5.41, 5.74) is 3.64. The Morgan fingerprint density at radius 3 is 2.12 bits per heavy atom. The Kier molecular flexibility index (Phi) is 5.41. The lowest BCUT2D eigenvalue weighted by atomic mass is 9.97. The summed E-state index contributed by atoms with van der Waals surface area (Å²) in [4.78, 5) is 28.6. The third-order valence-corrected chi connectivity index (χ3v) is 7.56. The number of para-hydroxylation sites is 3. The van der Waals surface area contributed by atoms with Crippen molar-refractivity contribution in [1.82, 2.24) is 4.57 Å². The molecule has 0 spiro atoms. The third kappa shape index (κ3) is 3.77. The van der Waals surface area contributed by atoms with Crippen LogP contribution in [0.1, 0.15) is 31.8 Å². The average molecular weight is 547 g/mol. The Morgan fingerprint density at radius 2 is 1.34 bits per heavy atom. The molecule has 0 atom stereocenters. The molecule has 7 rings (SSSR count).